The summed E-state index contributed by atoms with van der Waals surface area (Å²) in [6.07, 6.45) is 2.55. The van der Waals surface area contributed by atoms with E-state index in [9.17, 15) is 4.39 Å². The Morgan fingerprint density at radius 2 is 2.11 bits per heavy atom. The minimum absolute atomic E-state index is 0.213. The molecule has 1 heterocycles. The van der Waals surface area contributed by atoms with Gasteiger partial charge in [0, 0.05) is 24.7 Å². The Labute approximate surface area is 113 Å². The Bertz CT molecular complexity index is 433. The Morgan fingerprint density at radius 3 is 2.74 bits per heavy atom. The molecule has 0 saturated carbocycles. The standard InChI is InChI=1S/C14H22FN3O/c1-10(9-18-5-3-4-6-18)17-13-8-14(19-2)11(15)7-12(13)16/h7-8,10,17H,3-6,9,16H2,1-2H3. The molecule has 0 aromatic heterocycles. The van der Waals surface area contributed by atoms with E-state index in [4.69, 9.17) is 10.5 Å². The van der Waals surface area contributed by atoms with Crippen molar-refractivity contribution in [2.45, 2.75) is 25.8 Å². The molecule has 1 aliphatic heterocycles. The summed E-state index contributed by atoms with van der Waals surface area (Å²) in [5.74, 6) is -0.220. The Kier molecular flexibility index (Phi) is 4.47. The number of likely N-dealkylation sites (tertiary alicyclic amines) is 1. The molecule has 0 amide bonds. The molecule has 5 heteroatoms. The van der Waals surface area contributed by atoms with Gasteiger partial charge in [-0.25, -0.2) is 4.39 Å². The fourth-order valence-electron chi connectivity index (χ4n) is 2.51. The van der Waals surface area contributed by atoms with Gasteiger partial charge in [-0.05, 0) is 32.9 Å². The van der Waals surface area contributed by atoms with Crippen LogP contribution in [0.3, 0.4) is 0 Å². The zero-order valence-electron chi connectivity index (χ0n) is 11.6. The molecule has 0 radical (unpaired) electrons. The van der Waals surface area contributed by atoms with Gasteiger partial charge in [-0.3, -0.25) is 0 Å². The van der Waals surface area contributed by atoms with E-state index in [1.165, 1.54) is 26.0 Å². The van der Waals surface area contributed by atoms with Crippen LogP contribution in [0, 0.1) is 5.82 Å². The number of methoxy groups -OCH3 is 1. The second-order valence-corrected chi connectivity index (χ2v) is 5.13. The SMILES string of the molecule is COc1cc(NC(C)CN2CCCC2)c(N)cc1F. The highest BCUT2D eigenvalue weighted by atomic mass is 19.1. The number of anilines is 2. The minimum atomic E-state index is -0.433. The summed E-state index contributed by atoms with van der Waals surface area (Å²) in [6, 6.07) is 3.17. The molecular weight excluding hydrogens is 245 g/mol. The second kappa shape index (κ2) is 6.10. The smallest absolute Gasteiger partial charge is 0.167 e. The zero-order valence-corrected chi connectivity index (χ0v) is 11.6. The predicted molar refractivity (Wildman–Crippen MR) is 76.1 cm³/mol. The Morgan fingerprint density at radius 1 is 1.42 bits per heavy atom. The molecule has 3 N–H and O–H groups in total. The van der Waals surface area contributed by atoms with E-state index in [0.29, 0.717) is 5.69 Å². The molecule has 1 aromatic carbocycles. The van der Waals surface area contributed by atoms with Gasteiger partial charge in [-0.15, -0.1) is 0 Å². The van der Waals surface area contributed by atoms with Crippen LogP contribution in [0.25, 0.3) is 0 Å². The Hall–Kier alpha value is -1.49. The van der Waals surface area contributed by atoms with E-state index in [-0.39, 0.29) is 11.8 Å². The molecule has 4 nitrogen and oxygen atoms in total. The third-order valence-electron chi connectivity index (χ3n) is 3.46. The molecule has 1 fully saturated rings. The highest BCUT2D eigenvalue weighted by molar-refractivity contribution is 5.68. The number of hydrogen-bond acceptors (Lipinski definition) is 4. The maximum absolute atomic E-state index is 13.5. The molecule has 0 spiro atoms. The van der Waals surface area contributed by atoms with Crippen LogP contribution in [0.2, 0.25) is 0 Å². The number of nitrogen functional groups attached to an aromatic ring is 1. The fourth-order valence-corrected chi connectivity index (χ4v) is 2.51. The largest absolute Gasteiger partial charge is 0.494 e. The number of halogens is 1. The maximum atomic E-state index is 13.5. The number of benzene rings is 1. The van der Waals surface area contributed by atoms with Crippen LogP contribution in [0.5, 0.6) is 5.75 Å². The van der Waals surface area contributed by atoms with Gasteiger partial charge in [-0.2, -0.15) is 0 Å². The number of nitrogens with zero attached hydrogens (tertiary/aromatic N) is 1. The van der Waals surface area contributed by atoms with Gasteiger partial charge in [0.2, 0.25) is 0 Å². The van der Waals surface area contributed by atoms with Gasteiger partial charge in [-0.1, -0.05) is 0 Å². The van der Waals surface area contributed by atoms with Crippen molar-refractivity contribution in [1.82, 2.24) is 4.90 Å². The summed E-state index contributed by atoms with van der Waals surface area (Å²) >= 11 is 0. The average Bonchev–Trinajstić information content (AvgIpc) is 2.85. The van der Waals surface area contributed by atoms with Crippen molar-refractivity contribution < 1.29 is 9.13 Å². The predicted octanol–water partition coefficient (Wildman–Crippen LogP) is 2.31. The molecule has 1 saturated heterocycles. The quantitative estimate of drug-likeness (QED) is 0.804. The lowest BCUT2D eigenvalue weighted by atomic mass is 10.2. The van der Waals surface area contributed by atoms with Crippen LogP contribution in [-0.2, 0) is 0 Å². The maximum Gasteiger partial charge on any atom is 0.167 e. The molecule has 0 aliphatic carbocycles. The number of rotatable bonds is 5. The van der Waals surface area contributed by atoms with E-state index in [1.807, 2.05) is 0 Å². The van der Waals surface area contributed by atoms with E-state index in [0.717, 1.165) is 25.3 Å². The summed E-state index contributed by atoms with van der Waals surface area (Å²) < 4.78 is 18.4. The van der Waals surface area contributed by atoms with Gasteiger partial charge in [0.05, 0.1) is 18.5 Å². The van der Waals surface area contributed by atoms with Gasteiger partial charge in [0.1, 0.15) is 0 Å². The van der Waals surface area contributed by atoms with E-state index in [1.54, 1.807) is 6.07 Å². The van der Waals surface area contributed by atoms with E-state index in [2.05, 4.69) is 17.1 Å². The molecular formula is C14H22FN3O. The summed E-state index contributed by atoms with van der Waals surface area (Å²) in [4.78, 5) is 2.43. The van der Waals surface area contributed by atoms with Crippen molar-refractivity contribution >= 4 is 11.4 Å². The van der Waals surface area contributed by atoms with Crippen LogP contribution in [-0.4, -0.2) is 37.7 Å². The van der Waals surface area contributed by atoms with Crippen LogP contribution in [0.1, 0.15) is 19.8 Å². The van der Waals surface area contributed by atoms with Gasteiger partial charge >= 0.3 is 0 Å². The molecule has 0 bridgehead atoms. The van der Waals surface area contributed by atoms with E-state index < -0.39 is 5.82 Å². The van der Waals surface area contributed by atoms with Crippen LogP contribution in [0.4, 0.5) is 15.8 Å². The van der Waals surface area contributed by atoms with Crippen molar-refractivity contribution in [2.75, 3.05) is 37.8 Å². The molecule has 106 valence electrons. The summed E-state index contributed by atoms with van der Waals surface area (Å²) in [5, 5.41) is 3.33. The third-order valence-corrected chi connectivity index (χ3v) is 3.46. The lowest BCUT2D eigenvalue weighted by molar-refractivity contribution is 0.328. The van der Waals surface area contributed by atoms with Gasteiger partial charge in [0.25, 0.3) is 0 Å². The van der Waals surface area contributed by atoms with Gasteiger partial charge in [0.15, 0.2) is 11.6 Å². The number of ether oxygens (including phenoxy) is 1. The van der Waals surface area contributed by atoms with Crippen LogP contribution in [0.15, 0.2) is 12.1 Å². The third kappa shape index (κ3) is 3.50. The van der Waals surface area contributed by atoms with Crippen molar-refractivity contribution in [1.29, 1.82) is 0 Å². The first-order chi connectivity index (χ1) is 9.10. The normalized spacial score (nSPS) is 17.4. The average molecular weight is 267 g/mol. The number of nitrogens with one attached hydrogen (secondary N) is 1. The topological polar surface area (TPSA) is 50.5 Å². The first-order valence-electron chi connectivity index (χ1n) is 6.72. The van der Waals surface area contributed by atoms with Crippen molar-refractivity contribution in [3.63, 3.8) is 0 Å². The summed E-state index contributed by atoms with van der Waals surface area (Å²) in [7, 11) is 1.45. The summed E-state index contributed by atoms with van der Waals surface area (Å²) in [6.45, 7) is 5.40. The number of nitrogens with two attached hydrogens (primary N) is 1. The Balaban J connectivity index is 2.01. The lowest BCUT2D eigenvalue weighted by Gasteiger charge is -2.23. The lowest BCUT2D eigenvalue weighted by Crippen LogP contribution is -2.33. The van der Waals surface area contributed by atoms with Crippen molar-refractivity contribution in [3.05, 3.63) is 17.9 Å². The highest BCUT2D eigenvalue weighted by Crippen LogP contribution is 2.28. The highest BCUT2D eigenvalue weighted by Gasteiger charge is 2.16. The first kappa shape index (κ1) is 13.9. The van der Waals surface area contributed by atoms with Crippen LogP contribution >= 0.6 is 0 Å². The van der Waals surface area contributed by atoms with Crippen LogP contribution < -0.4 is 15.8 Å². The molecule has 1 atom stereocenters. The second-order valence-electron chi connectivity index (χ2n) is 5.13. The molecule has 19 heavy (non-hydrogen) atoms. The first-order valence-corrected chi connectivity index (χ1v) is 6.72. The fraction of sp³-hybridized carbons (Fsp3) is 0.571. The number of hydrogen-bond donors (Lipinski definition) is 2. The molecule has 1 unspecified atom stereocenters. The molecule has 1 aromatic rings. The van der Waals surface area contributed by atoms with Crippen molar-refractivity contribution in [2.24, 2.45) is 0 Å². The monoisotopic (exact) mass is 267 g/mol. The zero-order chi connectivity index (χ0) is 13.8. The summed E-state index contributed by atoms with van der Waals surface area (Å²) in [5.41, 5.74) is 6.97. The molecule has 2 rings (SSSR count). The van der Waals surface area contributed by atoms with Gasteiger partial charge < -0.3 is 20.7 Å². The van der Waals surface area contributed by atoms with Crippen molar-refractivity contribution in [3.8, 4) is 5.75 Å². The minimum Gasteiger partial charge on any atom is -0.494 e. The van der Waals surface area contributed by atoms with E-state index >= 15 is 0 Å². The molecule has 1 aliphatic rings.